The predicted octanol–water partition coefficient (Wildman–Crippen LogP) is 2.87. The molecule has 0 spiro atoms. The molecule has 0 fully saturated rings. The predicted molar refractivity (Wildman–Crippen MR) is 67.8 cm³/mol. The van der Waals surface area contributed by atoms with Crippen LogP contribution in [0.1, 0.15) is 15.9 Å². The van der Waals surface area contributed by atoms with Gasteiger partial charge in [0, 0.05) is 11.6 Å². The second kappa shape index (κ2) is 6.01. The lowest BCUT2D eigenvalue weighted by molar-refractivity contribution is 0.0951. The van der Waals surface area contributed by atoms with Gasteiger partial charge in [0.1, 0.15) is 17.5 Å². The zero-order valence-corrected chi connectivity index (χ0v) is 10.1. The molecule has 2 rings (SSSR count). The first-order valence-corrected chi connectivity index (χ1v) is 5.61. The van der Waals surface area contributed by atoms with Crippen LogP contribution in [0, 0.1) is 17.5 Å². The molecule has 1 amide bonds. The van der Waals surface area contributed by atoms with Gasteiger partial charge < -0.3 is 0 Å². The number of rotatable bonds is 3. The molecule has 0 unspecified atom stereocenters. The molecular formula is C14H9F3N2O. The molecule has 0 aliphatic rings. The molecule has 6 heteroatoms. The van der Waals surface area contributed by atoms with Gasteiger partial charge in [0.05, 0.1) is 11.8 Å². The second-order valence-corrected chi connectivity index (χ2v) is 3.84. The maximum Gasteiger partial charge on any atom is 0.274 e. The van der Waals surface area contributed by atoms with Gasteiger partial charge in [0.2, 0.25) is 0 Å². The van der Waals surface area contributed by atoms with Gasteiger partial charge in [0.15, 0.2) is 0 Å². The molecule has 0 aromatic heterocycles. The molecule has 3 nitrogen and oxygen atoms in total. The van der Waals surface area contributed by atoms with Crippen molar-refractivity contribution in [3.8, 4) is 0 Å². The fourth-order valence-corrected chi connectivity index (χ4v) is 1.47. The number of nitrogens with one attached hydrogen (secondary N) is 1. The lowest BCUT2D eigenvalue weighted by Gasteiger charge is -2.01. The number of carbonyl (C=O) groups excluding carboxylic acids is 1. The number of benzene rings is 2. The molecule has 20 heavy (non-hydrogen) atoms. The van der Waals surface area contributed by atoms with E-state index in [1.807, 2.05) is 0 Å². The van der Waals surface area contributed by atoms with Crippen molar-refractivity contribution in [2.45, 2.75) is 0 Å². The zero-order valence-electron chi connectivity index (χ0n) is 10.1. The standard InChI is InChI=1S/C14H9F3N2O/c15-10-6-5-9(13(17)7-10)8-18-19-14(20)11-3-1-2-4-12(11)16/h1-8H,(H,19,20)/b18-8-. The molecule has 0 heterocycles. The Kier molecular flexibility index (Phi) is 4.14. The van der Waals surface area contributed by atoms with Crippen LogP contribution in [0.5, 0.6) is 0 Å². The minimum absolute atomic E-state index is 0.000216. The van der Waals surface area contributed by atoms with Gasteiger partial charge in [-0.25, -0.2) is 18.6 Å². The molecule has 0 aliphatic carbocycles. The summed E-state index contributed by atoms with van der Waals surface area (Å²) in [4.78, 5) is 11.6. The number of nitrogens with zero attached hydrogens (tertiary/aromatic N) is 1. The van der Waals surface area contributed by atoms with Crippen molar-refractivity contribution >= 4 is 12.1 Å². The van der Waals surface area contributed by atoms with Gasteiger partial charge in [0.25, 0.3) is 5.91 Å². The Morgan fingerprint density at radius 1 is 1.05 bits per heavy atom. The SMILES string of the molecule is O=C(N/N=C\c1ccc(F)cc1F)c1ccccc1F. The summed E-state index contributed by atoms with van der Waals surface area (Å²) in [6, 6.07) is 8.30. The van der Waals surface area contributed by atoms with Gasteiger partial charge >= 0.3 is 0 Å². The van der Waals surface area contributed by atoms with E-state index in [0.717, 1.165) is 18.3 Å². The molecule has 2 aromatic carbocycles. The van der Waals surface area contributed by atoms with E-state index in [2.05, 4.69) is 10.5 Å². The van der Waals surface area contributed by atoms with Gasteiger partial charge in [-0.15, -0.1) is 0 Å². The molecule has 0 bridgehead atoms. The van der Waals surface area contributed by atoms with E-state index in [1.165, 1.54) is 24.3 Å². The number of amides is 1. The Labute approximate surface area is 112 Å². The summed E-state index contributed by atoms with van der Waals surface area (Å²) >= 11 is 0. The number of hydrogen-bond donors (Lipinski definition) is 1. The molecule has 2 aromatic rings. The highest BCUT2D eigenvalue weighted by atomic mass is 19.1. The third kappa shape index (κ3) is 3.23. The zero-order chi connectivity index (χ0) is 14.5. The lowest BCUT2D eigenvalue weighted by atomic mass is 10.2. The maximum atomic E-state index is 13.3. The summed E-state index contributed by atoms with van der Waals surface area (Å²) < 4.78 is 39.2. The summed E-state index contributed by atoms with van der Waals surface area (Å²) in [5, 5.41) is 3.50. The van der Waals surface area contributed by atoms with Crippen LogP contribution in [0.15, 0.2) is 47.6 Å². The van der Waals surface area contributed by atoms with Crippen molar-refractivity contribution in [3.05, 3.63) is 71.0 Å². The largest absolute Gasteiger partial charge is 0.274 e. The van der Waals surface area contributed by atoms with Crippen LogP contribution in [0.4, 0.5) is 13.2 Å². The fourth-order valence-electron chi connectivity index (χ4n) is 1.47. The van der Waals surface area contributed by atoms with E-state index >= 15 is 0 Å². The summed E-state index contributed by atoms with van der Waals surface area (Å²) in [5.41, 5.74) is 1.88. The third-order valence-electron chi connectivity index (χ3n) is 2.45. The lowest BCUT2D eigenvalue weighted by Crippen LogP contribution is -2.19. The van der Waals surface area contributed by atoms with Crippen LogP contribution in [-0.2, 0) is 0 Å². The minimum atomic E-state index is -0.811. The van der Waals surface area contributed by atoms with Crippen LogP contribution < -0.4 is 5.43 Å². The highest BCUT2D eigenvalue weighted by Gasteiger charge is 2.09. The van der Waals surface area contributed by atoms with E-state index in [9.17, 15) is 18.0 Å². The first-order chi connectivity index (χ1) is 9.58. The second-order valence-electron chi connectivity index (χ2n) is 3.84. The molecule has 102 valence electrons. The Morgan fingerprint density at radius 2 is 1.80 bits per heavy atom. The van der Waals surface area contributed by atoms with Crippen molar-refractivity contribution in [3.63, 3.8) is 0 Å². The topological polar surface area (TPSA) is 41.5 Å². The Balaban J connectivity index is 2.07. The van der Waals surface area contributed by atoms with E-state index in [4.69, 9.17) is 0 Å². The average Bonchev–Trinajstić information content (AvgIpc) is 2.41. The third-order valence-corrected chi connectivity index (χ3v) is 2.45. The smallest absolute Gasteiger partial charge is 0.267 e. The monoisotopic (exact) mass is 278 g/mol. The number of halogens is 3. The van der Waals surface area contributed by atoms with Gasteiger partial charge in [-0.1, -0.05) is 12.1 Å². The van der Waals surface area contributed by atoms with Gasteiger partial charge in [-0.2, -0.15) is 5.10 Å². The first-order valence-electron chi connectivity index (χ1n) is 5.61. The van der Waals surface area contributed by atoms with E-state index in [0.29, 0.717) is 6.07 Å². The summed E-state index contributed by atoms with van der Waals surface area (Å²) in [6.07, 6.45) is 1.01. The minimum Gasteiger partial charge on any atom is -0.267 e. The Morgan fingerprint density at radius 3 is 2.50 bits per heavy atom. The van der Waals surface area contributed by atoms with Crippen molar-refractivity contribution in [2.24, 2.45) is 5.10 Å². The molecule has 0 aliphatic heterocycles. The normalized spacial score (nSPS) is 10.8. The summed E-state index contributed by atoms with van der Waals surface area (Å²) in [6.45, 7) is 0. The number of carbonyl (C=O) groups is 1. The van der Waals surface area contributed by atoms with E-state index in [1.54, 1.807) is 0 Å². The van der Waals surface area contributed by atoms with Gasteiger partial charge in [-0.05, 0) is 24.3 Å². The van der Waals surface area contributed by atoms with Crippen molar-refractivity contribution < 1.29 is 18.0 Å². The number of hydrogen-bond acceptors (Lipinski definition) is 2. The molecule has 0 saturated carbocycles. The van der Waals surface area contributed by atoms with E-state index < -0.39 is 23.4 Å². The maximum absolute atomic E-state index is 13.3. The quantitative estimate of drug-likeness (QED) is 0.680. The highest BCUT2D eigenvalue weighted by molar-refractivity contribution is 5.95. The average molecular weight is 278 g/mol. The van der Waals surface area contributed by atoms with Crippen LogP contribution >= 0.6 is 0 Å². The van der Waals surface area contributed by atoms with Crippen LogP contribution in [0.2, 0.25) is 0 Å². The molecule has 0 radical (unpaired) electrons. The number of hydrazone groups is 1. The fraction of sp³-hybridized carbons (Fsp3) is 0. The first kappa shape index (κ1) is 13.8. The summed E-state index contributed by atoms with van der Waals surface area (Å²) in [5.74, 6) is -2.97. The molecule has 0 saturated heterocycles. The van der Waals surface area contributed by atoms with Crippen molar-refractivity contribution in [2.75, 3.05) is 0 Å². The van der Waals surface area contributed by atoms with Crippen molar-refractivity contribution in [1.82, 2.24) is 5.43 Å². The molecule has 0 atom stereocenters. The van der Waals surface area contributed by atoms with Crippen molar-refractivity contribution in [1.29, 1.82) is 0 Å². The highest BCUT2D eigenvalue weighted by Crippen LogP contribution is 2.07. The molecular weight excluding hydrogens is 269 g/mol. The van der Waals surface area contributed by atoms with Gasteiger partial charge in [-0.3, -0.25) is 4.79 Å². The van der Waals surface area contributed by atoms with E-state index in [-0.39, 0.29) is 11.1 Å². The Bertz CT molecular complexity index is 671. The molecule has 1 N–H and O–H groups in total. The van der Waals surface area contributed by atoms with Crippen LogP contribution in [-0.4, -0.2) is 12.1 Å². The summed E-state index contributed by atoms with van der Waals surface area (Å²) in [7, 11) is 0. The van der Waals surface area contributed by atoms with Crippen LogP contribution in [0.25, 0.3) is 0 Å². The Hall–Kier alpha value is -2.63. The van der Waals surface area contributed by atoms with Crippen LogP contribution in [0.3, 0.4) is 0 Å².